The van der Waals surface area contributed by atoms with E-state index in [-0.39, 0.29) is 23.7 Å². The Morgan fingerprint density at radius 2 is 1.54 bits per heavy atom. The Labute approximate surface area is 214 Å². The first kappa shape index (κ1) is 29.7. The van der Waals surface area contributed by atoms with Crippen LogP contribution in [-0.2, 0) is 23.6 Å². The van der Waals surface area contributed by atoms with Crippen molar-refractivity contribution in [3.63, 3.8) is 0 Å². The van der Waals surface area contributed by atoms with Crippen LogP contribution in [0.2, 0.25) is 0 Å². The topological polar surface area (TPSA) is 79.3 Å². The van der Waals surface area contributed by atoms with E-state index >= 15 is 0 Å². The zero-order chi connectivity index (χ0) is 29.5. The minimum absolute atomic E-state index is 0.102. The molecule has 214 valence electrons. The van der Waals surface area contributed by atoms with E-state index in [9.17, 15) is 54.2 Å². The normalized spacial score (nSPS) is 17.9. The summed E-state index contributed by atoms with van der Waals surface area (Å²) >= 11 is 0. The molecule has 1 heterocycles. The quantitative estimate of drug-likeness (QED) is 0.391. The molecular formula is C23H19F9N2O5. The van der Waals surface area contributed by atoms with E-state index in [1.165, 1.54) is 6.92 Å². The van der Waals surface area contributed by atoms with E-state index in [1.54, 1.807) is 0 Å². The number of benzene rings is 2. The van der Waals surface area contributed by atoms with Gasteiger partial charge in [-0.2, -0.15) is 26.3 Å². The molecule has 39 heavy (non-hydrogen) atoms. The third kappa shape index (κ3) is 6.78. The number of methoxy groups -OCH3 is 1. The first-order valence-electron chi connectivity index (χ1n) is 10.9. The Kier molecular flexibility index (Phi) is 7.90. The van der Waals surface area contributed by atoms with E-state index in [4.69, 9.17) is 0 Å². The number of carbonyl (C=O) groups is 2. The lowest BCUT2D eigenvalue weighted by Gasteiger charge is -2.42. The molecule has 0 aliphatic carbocycles. The van der Waals surface area contributed by atoms with Crippen molar-refractivity contribution in [3.05, 3.63) is 58.7 Å². The molecule has 2 aromatic carbocycles. The summed E-state index contributed by atoms with van der Waals surface area (Å²) in [6, 6.07) is 1.02. The Balaban J connectivity index is 2.17. The maximum atomic E-state index is 13.4. The fraction of sp³-hybridized carbons (Fsp3) is 0.391. The number of amides is 2. The first-order valence-corrected chi connectivity index (χ1v) is 10.9. The van der Waals surface area contributed by atoms with Gasteiger partial charge in [0, 0.05) is 18.2 Å². The number of halogens is 9. The Morgan fingerprint density at radius 3 is 2.00 bits per heavy atom. The van der Waals surface area contributed by atoms with Gasteiger partial charge in [-0.3, -0.25) is 9.80 Å². The smallest absolute Gasteiger partial charge is 0.465 e. The summed E-state index contributed by atoms with van der Waals surface area (Å²) in [5, 5.41) is 9.64. The minimum Gasteiger partial charge on any atom is -0.465 e. The van der Waals surface area contributed by atoms with Gasteiger partial charge in [-0.1, -0.05) is 0 Å². The number of rotatable bonds is 4. The molecule has 7 nitrogen and oxygen atoms in total. The number of hydrogen-bond donors (Lipinski definition) is 1. The Hall–Kier alpha value is -3.85. The summed E-state index contributed by atoms with van der Waals surface area (Å²) in [7, 11) is 0.877. The molecule has 0 radical (unpaired) electrons. The van der Waals surface area contributed by atoms with Gasteiger partial charge >= 0.3 is 30.9 Å². The molecule has 0 saturated heterocycles. The van der Waals surface area contributed by atoms with Crippen LogP contribution in [0.25, 0.3) is 0 Å². The number of carbonyl (C=O) groups excluding carboxylic acids is 1. The van der Waals surface area contributed by atoms with Crippen molar-refractivity contribution < 1.29 is 63.7 Å². The zero-order valence-electron chi connectivity index (χ0n) is 19.9. The van der Waals surface area contributed by atoms with Crippen molar-refractivity contribution in [2.24, 2.45) is 0 Å². The summed E-state index contributed by atoms with van der Waals surface area (Å²) < 4.78 is 127. The lowest BCUT2D eigenvalue weighted by Crippen LogP contribution is -2.47. The molecule has 16 heteroatoms. The molecule has 0 saturated carbocycles. The molecule has 2 atom stereocenters. The molecule has 0 aromatic heterocycles. The molecule has 0 bridgehead atoms. The van der Waals surface area contributed by atoms with Crippen LogP contribution >= 0.6 is 0 Å². The second-order valence-corrected chi connectivity index (χ2v) is 8.53. The average molecular weight is 574 g/mol. The van der Waals surface area contributed by atoms with Crippen molar-refractivity contribution in [1.82, 2.24) is 4.90 Å². The molecule has 0 unspecified atom stereocenters. The van der Waals surface area contributed by atoms with Crippen molar-refractivity contribution in [1.29, 1.82) is 0 Å². The fourth-order valence-electron chi connectivity index (χ4n) is 4.32. The highest BCUT2D eigenvalue weighted by molar-refractivity contribution is 5.89. The molecule has 1 aliphatic heterocycles. The highest BCUT2D eigenvalue weighted by Gasteiger charge is 2.41. The SMILES string of the molecule is COC(=O)N(Cc1cc(C(F)(F)F)cc(C(F)(F)F)c1)[C@H]1C[C@@H](C)N(C(=O)O)c2ccc(OC(F)(F)F)cc21. The predicted molar refractivity (Wildman–Crippen MR) is 115 cm³/mol. The number of fused-ring (bicyclic) bond motifs is 1. The summed E-state index contributed by atoms with van der Waals surface area (Å²) in [6.45, 7) is 0.500. The summed E-state index contributed by atoms with van der Waals surface area (Å²) in [6.07, 6.45) is -18.5. The van der Waals surface area contributed by atoms with Gasteiger partial charge < -0.3 is 14.6 Å². The molecule has 1 aliphatic rings. The van der Waals surface area contributed by atoms with Crippen molar-refractivity contribution >= 4 is 17.9 Å². The molecule has 2 amide bonds. The van der Waals surface area contributed by atoms with Crippen LogP contribution in [0, 0.1) is 0 Å². The van der Waals surface area contributed by atoms with Crippen molar-refractivity contribution in [2.75, 3.05) is 12.0 Å². The molecule has 1 N–H and O–H groups in total. The largest absolute Gasteiger partial charge is 0.573 e. The number of ether oxygens (including phenoxy) is 2. The highest BCUT2D eigenvalue weighted by atomic mass is 19.4. The Bertz CT molecular complexity index is 1210. The fourth-order valence-corrected chi connectivity index (χ4v) is 4.32. The van der Waals surface area contributed by atoms with Gasteiger partial charge in [0.15, 0.2) is 0 Å². The highest BCUT2D eigenvalue weighted by Crippen LogP contribution is 2.44. The van der Waals surface area contributed by atoms with Crippen molar-refractivity contribution in [2.45, 2.75) is 50.7 Å². The molecule has 0 spiro atoms. The molecular weight excluding hydrogens is 555 g/mol. The third-order valence-corrected chi connectivity index (χ3v) is 5.85. The van der Waals surface area contributed by atoms with Crippen LogP contribution in [-0.4, -0.2) is 41.7 Å². The first-order chi connectivity index (χ1) is 17.8. The van der Waals surface area contributed by atoms with E-state index in [0.717, 1.165) is 30.2 Å². The van der Waals surface area contributed by atoms with Gasteiger partial charge in [0.05, 0.1) is 30.0 Å². The molecule has 0 fully saturated rings. The second-order valence-electron chi connectivity index (χ2n) is 8.53. The molecule has 2 aromatic rings. The lowest BCUT2D eigenvalue weighted by molar-refractivity contribution is -0.274. The van der Waals surface area contributed by atoms with Gasteiger partial charge in [-0.25, -0.2) is 9.59 Å². The van der Waals surface area contributed by atoms with E-state index in [0.29, 0.717) is 17.0 Å². The number of anilines is 1. The van der Waals surface area contributed by atoms with Gasteiger partial charge in [-0.05, 0) is 55.3 Å². The zero-order valence-corrected chi connectivity index (χ0v) is 19.9. The van der Waals surface area contributed by atoms with Gasteiger partial charge in [0.1, 0.15) is 5.75 Å². The van der Waals surface area contributed by atoms with Crippen LogP contribution in [0.15, 0.2) is 36.4 Å². The lowest BCUT2D eigenvalue weighted by atomic mass is 9.90. The minimum atomic E-state index is -5.18. The van der Waals surface area contributed by atoms with Crippen LogP contribution < -0.4 is 9.64 Å². The number of alkyl halides is 9. The van der Waals surface area contributed by atoms with E-state index in [2.05, 4.69) is 9.47 Å². The predicted octanol–water partition coefficient (Wildman–Crippen LogP) is 7.21. The van der Waals surface area contributed by atoms with E-state index < -0.39 is 72.0 Å². The maximum Gasteiger partial charge on any atom is 0.573 e. The average Bonchev–Trinajstić information content (AvgIpc) is 2.79. The van der Waals surface area contributed by atoms with Gasteiger partial charge in [0.2, 0.25) is 0 Å². The number of carboxylic acid groups (broad SMARTS) is 1. The summed E-state index contributed by atoms with van der Waals surface area (Å²) in [4.78, 5) is 26.1. The van der Waals surface area contributed by atoms with Crippen LogP contribution in [0.5, 0.6) is 5.75 Å². The van der Waals surface area contributed by atoms with E-state index in [1.807, 2.05) is 0 Å². The van der Waals surface area contributed by atoms with Crippen LogP contribution in [0.3, 0.4) is 0 Å². The van der Waals surface area contributed by atoms with Gasteiger partial charge in [-0.15, -0.1) is 13.2 Å². The maximum absolute atomic E-state index is 13.4. The Morgan fingerprint density at radius 1 is 0.974 bits per heavy atom. The standard InChI is InChI=1S/C23H19F9N2O5/c1-11-5-18(16-9-15(39-23(30,31)32)3-4-17(16)34(11)19(35)36)33(20(37)38-2)10-12-6-13(21(24,25)26)8-14(7-12)22(27,28)29/h3-4,6-9,11,18H,5,10H2,1-2H3,(H,35,36)/t11-,18+/m1/s1. The van der Waals surface area contributed by atoms with Crippen LogP contribution in [0.1, 0.15) is 41.6 Å². The number of nitrogens with zero attached hydrogens (tertiary/aromatic N) is 2. The second kappa shape index (κ2) is 10.4. The summed E-state index contributed by atoms with van der Waals surface area (Å²) in [5.74, 6) is -0.797. The number of hydrogen-bond acceptors (Lipinski definition) is 4. The van der Waals surface area contributed by atoms with Crippen molar-refractivity contribution in [3.8, 4) is 5.75 Å². The monoisotopic (exact) mass is 574 g/mol. The van der Waals surface area contributed by atoms with Gasteiger partial charge in [0.25, 0.3) is 0 Å². The molecule has 3 rings (SSSR count). The summed E-state index contributed by atoms with van der Waals surface area (Å²) in [5.41, 5.74) is -4.29. The third-order valence-electron chi connectivity index (χ3n) is 5.85. The van der Waals surface area contributed by atoms with Crippen LogP contribution in [0.4, 0.5) is 54.8 Å².